The first-order valence-electron chi connectivity index (χ1n) is 8.63. The molecule has 0 unspecified atom stereocenters. The van der Waals surface area contributed by atoms with Crippen molar-refractivity contribution in [2.75, 3.05) is 0 Å². The third-order valence-electron chi connectivity index (χ3n) is 4.29. The molecule has 0 amide bonds. The van der Waals surface area contributed by atoms with Crippen molar-refractivity contribution in [2.45, 2.75) is 38.0 Å². The van der Waals surface area contributed by atoms with E-state index in [9.17, 15) is 13.5 Å². The summed E-state index contributed by atoms with van der Waals surface area (Å²) in [6.45, 7) is 3.93. The van der Waals surface area contributed by atoms with Crippen LogP contribution in [0.2, 0.25) is 0 Å². The van der Waals surface area contributed by atoms with Gasteiger partial charge in [-0.15, -0.1) is 0 Å². The molecule has 26 heavy (non-hydrogen) atoms. The van der Waals surface area contributed by atoms with Crippen LogP contribution in [0.4, 0.5) is 0 Å². The van der Waals surface area contributed by atoms with Crippen molar-refractivity contribution in [3.8, 4) is 5.88 Å². The largest absolute Gasteiger partial charge is 0.494 e. The van der Waals surface area contributed by atoms with Gasteiger partial charge in [-0.2, -0.15) is 12.8 Å². The Morgan fingerprint density at radius 3 is 2.50 bits per heavy atom. The maximum absolute atomic E-state index is 12.8. The third-order valence-corrected chi connectivity index (χ3v) is 5.62. The van der Waals surface area contributed by atoms with E-state index in [-0.39, 0.29) is 10.8 Å². The van der Waals surface area contributed by atoms with Gasteiger partial charge in [-0.05, 0) is 38.0 Å². The molecule has 0 atom stereocenters. The first-order valence-corrected chi connectivity index (χ1v) is 10.1. The van der Waals surface area contributed by atoms with Gasteiger partial charge >= 0.3 is 0 Å². The molecule has 1 heterocycles. The molecular formula is C20H22N2O3S. The van der Waals surface area contributed by atoms with Crippen molar-refractivity contribution in [3.05, 3.63) is 59.7 Å². The number of para-hydroxylation sites is 1. The number of nitrogens with zero attached hydrogens (tertiary/aromatic N) is 1. The highest BCUT2D eigenvalue weighted by atomic mass is 32.2. The molecule has 1 aromatic heterocycles. The maximum atomic E-state index is 12.8. The summed E-state index contributed by atoms with van der Waals surface area (Å²) in [7, 11) is -3.86. The number of fused-ring (bicyclic) bond motifs is 1. The van der Waals surface area contributed by atoms with Crippen LogP contribution < -0.4 is 0 Å². The van der Waals surface area contributed by atoms with Crippen LogP contribution >= 0.6 is 0 Å². The summed E-state index contributed by atoms with van der Waals surface area (Å²) in [5.74, 6) is -0.0554. The van der Waals surface area contributed by atoms with Crippen LogP contribution in [0, 0.1) is 6.92 Å². The van der Waals surface area contributed by atoms with Crippen LogP contribution in [0.25, 0.3) is 10.9 Å². The molecule has 0 aliphatic heterocycles. The van der Waals surface area contributed by atoms with E-state index in [1.165, 1.54) is 0 Å². The molecule has 136 valence electrons. The molecule has 6 heteroatoms. The molecule has 2 aromatic carbocycles. The number of aromatic nitrogens is 1. The van der Waals surface area contributed by atoms with Gasteiger partial charge in [-0.25, -0.2) is 0 Å². The second kappa shape index (κ2) is 7.33. The molecule has 0 bridgehead atoms. The lowest BCUT2D eigenvalue weighted by molar-refractivity contribution is 0.457. The lowest BCUT2D eigenvalue weighted by atomic mass is 10.0. The van der Waals surface area contributed by atoms with Crippen LogP contribution in [-0.4, -0.2) is 24.2 Å². The lowest BCUT2D eigenvalue weighted by Gasteiger charge is -2.07. The van der Waals surface area contributed by atoms with E-state index < -0.39 is 10.0 Å². The fraction of sp³-hybridized carbons (Fsp3) is 0.250. The number of aromatic hydroxyl groups is 1. The summed E-state index contributed by atoms with van der Waals surface area (Å²) in [5, 5.41) is 11.1. The molecule has 0 saturated carbocycles. The second-order valence-electron chi connectivity index (χ2n) is 6.32. The van der Waals surface area contributed by atoms with Gasteiger partial charge in [0.1, 0.15) is 0 Å². The summed E-state index contributed by atoms with van der Waals surface area (Å²) in [6.07, 6.45) is 2.14. The highest BCUT2D eigenvalue weighted by Crippen LogP contribution is 2.30. The highest BCUT2D eigenvalue weighted by Gasteiger charge is 2.20. The number of aryl methyl sites for hydroxylation is 1. The summed E-state index contributed by atoms with van der Waals surface area (Å²) in [5.41, 5.74) is 2.57. The maximum Gasteiger partial charge on any atom is 0.282 e. The Balaban J connectivity index is 2.15. The summed E-state index contributed by atoms with van der Waals surface area (Å²) >= 11 is 0. The summed E-state index contributed by atoms with van der Waals surface area (Å²) in [4.78, 5) is 3.05. The van der Waals surface area contributed by atoms with Gasteiger partial charge < -0.3 is 10.1 Å². The first-order chi connectivity index (χ1) is 12.4. The van der Waals surface area contributed by atoms with Crippen molar-refractivity contribution in [2.24, 2.45) is 4.40 Å². The van der Waals surface area contributed by atoms with E-state index in [4.69, 9.17) is 0 Å². The zero-order valence-corrected chi connectivity index (χ0v) is 15.7. The molecule has 5 nitrogen and oxygen atoms in total. The van der Waals surface area contributed by atoms with Gasteiger partial charge in [0.2, 0.25) is 0 Å². The predicted octanol–water partition coefficient (Wildman–Crippen LogP) is 4.55. The smallest absolute Gasteiger partial charge is 0.282 e. The average molecular weight is 370 g/mol. The van der Waals surface area contributed by atoms with Crippen LogP contribution in [0.15, 0.2) is 57.8 Å². The minimum Gasteiger partial charge on any atom is -0.494 e. The molecular weight excluding hydrogens is 348 g/mol. The highest BCUT2D eigenvalue weighted by molar-refractivity contribution is 7.90. The number of hydrogen-bond donors (Lipinski definition) is 2. The van der Waals surface area contributed by atoms with Crippen molar-refractivity contribution in [1.29, 1.82) is 0 Å². The van der Waals surface area contributed by atoms with Gasteiger partial charge in [0, 0.05) is 10.9 Å². The van der Waals surface area contributed by atoms with Gasteiger partial charge in [-0.1, -0.05) is 49.2 Å². The monoisotopic (exact) mass is 370 g/mol. The van der Waals surface area contributed by atoms with E-state index in [0.29, 0.717) is 17.7 Å². The van der Waals surface area contributed by atoms with Crippen molar-refractivity contribution in [1.82, 2.24) is 4.98 Å². The van der Waals surface area contributed by atoms with E-state index in [1.54, 1.807) is 24.3 Å². The predicted molar refractivity (Wildman–Crippen MR) is 104 cm³/mol. The van der Waals surface area contributed by atoms with Crippen LogP contribution in [0.1, 0.15) is 37.3 Å². The SMILES string of the molecule is CCCC/C(=N\S(=O)(=O)c1ccc(C)cc1)c1c(O)[nH]c2ccccc12. The van der Waals surface area contributed by atoms with E-state index in [0.717, 1.165) is 29.3 Å². The molecule has 0 spiro atoms. The lowest BCUT2D eigenvalue weighted by Crippen LogP contribution is -2.07. The Morgan fingerprint density at radius 1 is 1.12 bits per heavy atom. The van der Waals surface area contributed by atoms with Gasteiger partial charge in [0.05, 0.1) is 16.2 Å². The molecule has 0 aliphatic rings. The zero-order chi connectivity index (χ0) is 18.7. The number of hydrogen-bond acceptors (Lipinski definition) is 3. The zero-order valence-electron chi connectivity index (χ0n) is 14.9. The molecule has 0 saturated heterocycles. The second-order valence-corrected chi connectivity index (χ2v) is 7.93. The number of benzene rings is 2. The fourth-order valence-electron chi connectivity index (χ4n) is 2.89. The number of nitrogens with one attached hydrogen (secondary N) is 1. The van der Waals surface area contributed by atoms with Crippen molar-refractivity contribution in [3.63, 3.8) is 0 Å². The van der Waals surface area contributed by atoms with Crippen LogP contribution in [-0.2, 0) is 10.0 Å². The van der Waals surface area contributed by atoms with E-state index in [2.05, 4.69) is 9.38 Å². The molecule has 3 rings (SSSR count). The molecule has 0 fully saturated rings. The number of unbranched alkanes of at least 4 members (excludes halogenated alkanes) is 1. The van der Waals surface area contributed by atoms with Gasteiger partial charge in [0.15, 0.2) is 5.88 Å². The van der Waals surface area contributed by atoms with Crippen molar-refractivity contribution < 1.29 is 13.5 Å². The Kier molecular flexibility index (Phi) is 5.13. The fourth-order valence-corrected chi connectivity index (χ4v) is 3.95. The Bertz CT molecular complexity index is 1050. The topological polar surface area (TPSA) is 82.5 Å². The summed E-state index contributed by atoms with van der Waals surface area (Å²) in [6, 6.07) is 14.0. The minimum absolute atomic E-state index is 0.0554. The quantitative estimate of drug-likeness (QED) is 0.625. The van der Waals surface area contributed by atoms with Crippen molar-refractivity contribution >= 4 is 26.6 Å². The summed E-state index contributed by atoms with van der Waals surface area (Å²) < 4.78 is 29.7. The number of rotatable bonds is 6. The minimum atomic E-state index is -3.86. The molecule has 0 aliphatic carbocycles. The first kappa shape index (κ1) is 18.2. The van der Waals surface area contributed by atoms with E-state index in [1.807, 2.05) is 38.1 Å². The van der Waals surface area contributed by atoms with Gasteiger partial charge in [0.25, 0.3) is 10.0 Å². The molecule has 3 aromatic rings. The molecule has 0 radical (unpaired) electrons. The normalized spacial score (nSPS) is 12.6. The van der Waals surface area contributed by atoms with Crippen LogP contribution in [0.5, 0.6) is 5.88 Å². The Morgan fingerprint density at radius 2 is 1.81 bits per heavy atom. The third kappa shape index (κ3) is 3.65. The van der Waals surface area contributed by atoms with E-state index >= 15 is 0 Å². The Labute approximate surface area is 153 Å². The Hall–Kier alpha value is -2.60. The number of aromatic amines is 1. The standard InChI is InChI=1S/C20H22N2O3S/c1-3-4-8-18(19-16-7-5-6-9-17(16)21-20(19)23)22-26(24,25)15-12-10-14(2)11-13-15/h5-7,9-13,21,23H,3-4,8H2,1-2H3/b22-18+. The number of sulfonamides is 1. The van der Waals surface area contributed by atoms with Crippen LogP contribution in [0.3, 0.4) is 0 Å². The number of H-pyrrole nitrogens is 1. The average Bonchev–Trinajstić information content (AvgIpc) is 2.94. The van der Waals surface area contributed by atoms with Gasteiger partial charge in [-0.3, -0.25) is 0 Å². The molecule has 2 N–H and O–H groups in total.